The van der Waals surface area contributed by atoms with Crippen molar-refractivity contribution in [3.8, 4) is 0 Å². The standard InChI is InChI=1S/C22H33FN4O5/c1-15-13-25(20(29)31-21(3,4)5)9-10-26(15)22(8-6-7-17(23)11-22)27-14-30-18(19(27)32-27)12-24-16(2)28/h6-7,11,15,18-19H,8-10,12-14H2,1-5H3/p+1/t15?,18?,19?,22?,27-/m1/s1. The molecule has 9 nitrogen and oxygen atoms in total. The number of quaternary nitrogens is 1. The summed E-state index contributed by atoms with van der Waals surface area (Å²) < 4.78 is 26.3. The molecule has 4 unspecified atom stereocenters. The number of carbonyl (C=O) groups excluding carboxylic acids is 2. The molecule has 0 radical (unpaired) electrons. The van der Waals surface area contributed by atoms with E-state index in [0.29, 0.717) is 32.6 Å². The molecule has 3 saturated heterocycles. The van der Waals surface area contributed by atoms with Gasteiger partial charge in [-0.1, -0.05) is 10.7 Å². The Morgan fingerprint density at radius 1 is 1.38 bits per heavy atom. The fourth-order valence-electron chi connectivity index (χ4n) is 5.10. The molecule has 0 saturated carbocycles. The van der Waals surface area contributed by atoms with E-state index >= 15 is 0 Å². The van der Waals surface area contributed by atoms with Gasteiger partial charge in [0.1, 0.15) is 11.4 Å². The van der Waals surface area contributed by atoms with Crippen LogP contribution in [0, 0.1) is 0 Å². The summed E-state index contributed by atoms with van der Waals surface area (Å²) in [5, 5.41) is 2.78. The van der Waals surface area contributed by atoms with Crippen LogP contribution in [-0.2, 0) is 19.1 Å². The van der Waals surface area contributed by atoms with Gasteiger partial charge in [-0.15, -0.1) is 4.84 Å². The average molecular weight is 454 g/mol. The molecule has 0 aromatic heterocycles. The highest BCUT2D eigenvalue weighted by molar-refractivity contribution is 5.72. The lowest BCUT2D eigenvalue weighted by atomic mass is 9.93. The Kier molecular flexibility index (Phi) is 5.85. The van der Waals surface area contributed by atoms with Crippen molar-refractivity contribution in [3.05, 3.63) is 24.1 Å². The second-order valence-corrected chi connectivity index (χ2v) is 10.0. The van der Waals surface area contributed by atoms with Gasteiger partial charge in [0.25, 0.3) is 0 Å². The molecule has 2 amide bonds. The minimum absolute atomic E-state index is 0.0569. The maximum Gasteiger partial charge on any atom is 0.410 e. The maximum absolute atomic E-state index is 14.6. The van der Waals surface area contributed by atoms with E-state index in [0.717, 1.165) is 0 Å². The Morgan fingerprint density at radius 2 is 2.12 bits per heavy atom. The minimum Gasteiger partial charge on any atom is -0.444 e. The molecule has 10 heteroatoms. The van der Waals surface area contributed by atoms with Gasteiger partial charge in [-0.25, -0.2) is 14.1 Å². The van der Waals surface area contributed by atoms with Crippen molar-refractivity contribution in [2.75, 3.05) is 32.9 Å². The van der Waals surface area contributed by atoms with Crippen LogP contribution in [0.3, 0.4) is 0 Å². The van der Waals surface area contributed by atoms with Gasteiger partial charge in [0.05, 0.1) is 6.54 Å². The maximum atomic E-state index is 14.6. The zero-order valence-corrected chi connectivity index (χ0v) is 19.5. The molecule has 3 aliphatic heterocycles. The van der Waals surface area contributed by atoms with Crippen LogP contribution in [0.5, 0.6) is 0 Å². The van der Waals surface area contributed by atoms with Gasteiger partial charge in [0.15, 0.2) is 6.10 Å². The van der Waals surface area contributed by atoms with E-state index in [1.54, 1.807) is 11.0 Å². The Hall–Kier alpha value is -2.01. The number of hydrogen-bond acceptors (Lipinski definition) is 6. The molecular weight excluding hydrogens is 419 g/mol. The van der Waals surface area contributed by atoms with E-state index in [9.17, 15) is 14.0 Å². The highest BCUT2D eigenvalue weighted by Crippen LogP contribution is 2.55. The number of nitrogens with one attached hydrogen (secondary N) is 1. The van der Waals surface area contributed by atoms with Crippen molar-refractivity contribution in [3.63, 3.8) is 0 Å². The summed E-state index contributed by atoms with van der Waals surface area (Å²) in [5.41, 5.74) is -1.35. The molecule has 5 atom stereocenters. The van der Waals surface area contributed by atoms with Crippen LogP contribution in [0.15, 0.2) is 24.1 Å². The van der Waals surface area contributed by atoms with E-state index in [2.05, 4.69) is 10.2 Å². The van der Waals surface area contributed by atoms with Gasteiger partial charge in [0, 0.05) is 45.1 Å². The molecule has 0 bridgehead atoms. The number of fused-ring (bicyclic) bond motifs is 1. The minimum atomic E-state index is -0.784. The molecule has 3 heterocycles. The topological polar surface area (TPSA) is 83.6 Å². The molecule has 0 aromatic carbocycles. The second-order valence-electron chi connectivity index (χ2n) is 10.0. The van der Waals surface area contributed by atoms with Crippen LogP contribution < -0.4 is 5.32 Å². The molecule has 0 spiro atoms. The number of halogens is 1. The first-order valence-electron chi connectivity index (χ1n) is 11.2. The number of allylic oxidation sites excluding steroid dienone is 2. The largest absolute Gasteiger partial charge is 0.444 e. The Labute approximate surface area is 188 Å². The van der Waals surface area contributed by atoms with Gasteiger partial charge in [0.2, 0.25) is 18.3 Å². The monoisotopic (exact) mass is 453 g/mol. The van der Waals surface area contributed by atoms with E-state index in [4.69, 9.17) is 14.3 Å². The summed E-state index contributed by atoms with van der Waals surface area (Å²) >= 11 is 0. The Bertz CT molecular complexity index is 843. The van der Waals surface area contributed by atoms with Crippen LogP contribution in [0.25, 0.3) is 0 Å². The number of rotatable bonds is 4. The quantitative estimate of drug-likeness (QED) is 0.518. The summed E-state index contributed by atoms with van der Waals surface area (Å²) in [7, 11) is 0. The molecule has 4 aliphatic rings. The zero-order chi connectivity index (χ0) is 23.3. The lowest BCUT2D eigenvalue weighted by Gasteiger charge is -2.49. The third-order valence-electron chi connectivity index (χ3n) is 6.51. The number of hydrogen-bond donors (Lipinski definition) is 1. The first-order valence-corrected chi connectivity index (χ1v) is 11.2. The fraction of sp³-hybridized carbons (Fsp3) is 0.727. The number of nitrogens with zero attached hydrogens (tertiary/aromatic N) is 3. The predicted octanol–water partition coefficient (Wildman–Crippen LogP) is 2.02. The molecule has 32 heavy (non-hydrogen) atoms. The lowest BCUT2D eigenvalue weighted by molar-refractivity contribution is -0.980. The van der Waals surface area contributed by atoms with Crippen molar-refractivity contribution < 1.29 is 32.9 Å². The summed E-state index contributed by atoms with van der Waals surface area (Å²) in [4.78, 5) is 34.0. The third kappa shape index (κ3) is 4.05. The van der Waals surface area contributed by atoms with Gasteiger partial charge in [-0.3, -0.25) is 4.79 Å². The van der Waals surface area contributed by atoms with Gasteiger partial charge >= 0.3 is 12.3 Å². The Morgan fingerprint density at radius 3 is 2.72 bits per heavy atom. The molecule has 1 N–H and O–H groups in total. The summed E-state index contributed by atoms with van der Waals surface area (Å²) in [5.74, 6) is -0.447. The van der Waals surface area contributed by atoms with Crippen molar-refractivity contribution in [2.45, 2.75) is 70.7 Å². The fourth-order valence-corrected chi connectivity index (χ4v) is 5.10. The van der Waals surface area contributed by atoms with Gasteiger partial charge < -0.3 is 19.7 Å². The van der Waals surface area contributed by atoms with Crippen molar-refractivity contribution >= 4 is 12.0 Å². The summed E-state index contributed by atoms with van der Waals surface area (Å²) in [6.45, 7) is 11.1. The number of carbonyl (C=O) groups is 2. The zero-order valence-electron chi connectivity index (χ0n) is 19.5. The SMILES string of the molecule is CC(=O)NCC1OC[N@@+]2(C3(N4CCN(C(=O)OC(C)(C)C)CC4C)C=C(F)C=CC3)OC12. The smallest absolute Gasteiger partial charge is 0.410 e. The summed E-state index contributed by atoms with van der Waals surface area (Å²) in [6.07, 6.45) is 4.58. The van der Waals surface area contributed by atoms with Crippen molar-refractivity contribution in [1.29, 1.82) is 0 Å². The first-order chi connectivity index (χ1) is 15.0. The highest BCUT2D eigenvalue weighted by atomic mass is 19.1. The van der Waals surface area contributed by atoms with Crippen LogP contribution >= 0.6 is 0 Å². The normalized spacial score (nSPS) is 37.0. The first kappa shape index (κ1) is 23.2. The second kappa shape index (κ2) is 8.09. The van der Waals surface area contributed by atoms with E-state index in [1.807, 2.05) is 33.8 Å². The predicted molar refractivity (Wildman–Crippen MR) is 113 cm³/mol. The highest BCUT2D eigenvalue weighted by Gasteiger charge is 2.79. The third-order valence-corrected chi connectivity index (χ3v) is 6.51. The molecule has 3 fully saturated rings. The van der Waals surface area contributed by atoms with E-state index in [-0.39, 0.29) is 47.6 Å². The number of ether oxygens (including phenoxy) is 2. The lowest BCUT2D eigenvalue weighted by Crippen LogP contribution is -2.69. The van der Waals surface area contributed by atoms with E-state index in [1.165, 1.54) is 13.0 Å². The average Bonchev–Trinajstić information content (AvgIpc) is 3.33. The molecular formula is C22H34FN4O5+. The molecule has 178 valence electrons. The van der Waals surface area contributed by atoms with Gasteiger partial charge in [-0.05, 0) is 33.8 Å². The van der Waals surface area contributed by atoms with Gasteiger partial charge in [-0.2, -0.15) is 0 Å². The molecule has 4 rings (SSSR count). The van der Waals surface area contributed by atoms with Crippen LogP contribution in [-0.4, -0.2) is 89.0 Å². The van der Waals surface area contributed by atoms with Crippen LogP contribution in [0.2, 0.25) is 0 Å². The number of hydroxylamine groups is 3. The van der Waals surface area contributed by atoms with Crippen LogP contribution in [0.4, 0.5) is 9.18 Å². The summed E-state index contributed by atoms with van der Waals surface area (Å²) in [6, 6.07) is -0.0569. The molecule has 0 aromatic rings. The van der Waals surface area contributed by atoms with Crippen molar-refractivity contribution in [1.82, 2.24) is 15.1 Å². The van der Waals surface area contributed by atoms with E-state index < -0.39 is 11.3 Å². The van der Waals surface area contributed by atoms with Crippen LogP contribution in [0.1, 0.15) is 41.0 Å². The Balaban J connectivity index is 1.54. The van der Waals surface area contributed by atoms with Crippen molar-refractivity contribution in [2.24, 2.45) is 0 Å². The molecule has 1 aliphatic carbocycles. The number of piperazine rings is 1. The number of amides is 2.